The lowest BCUT2D eigenvalue weighted by atomic mass is 10.4. The number of amides is 2. The molecule has 1 rings (SSSR count). The molecule has 0 unspecified atom stereocenters. The summed E-state index contributed by atoms with van der Waals surface area (Å²) >= 11 is 0. The maximum Gasteiger partial charge on any atom is 0.320 e. The van der Waals surface area contributed by atoms with Crippen LogP contribution in [0, 0.1) is 34.0 Å². The fraction of sp³-hybridized carbons (Fsp3) is 0.789. The molecular formula is C19H34N10O. The van der Waals surface area contributed by atoms with Crippen molar-refractivity contribution in [1.82, 2.24) is 36.0 Å². The third-order valence-electron chi connectivity index (χ3n) is 4.73. The van der Waals surface area contributed by atoms with Crippen LogP contribution in [0.1, 0.15) is 0 Å². The summed E-state index contributed by atoms with van der Waals surface area (Å²) in [6, 6.07) is 6.24. The lowest BCUT2D eigenvalue weighted by Gasteiger charge is -2.25. The number of carbonyl (C=O) groups excluding carboxylic acids is 1. The Morgan fingerprint density at radius 1 is 0.700 bits per heavy atom. The van der Waals surface area contributed by atoms with E-state index in [0.717, 1.165) is 52.4 Å². The van der Waals surface area contributed by atoms with Crippen LogP contribution in [0.4, 0.5) is 4.79 Å². The zero-order valence-corrected chi connectivity index (χ0v) is 17.7. The average molecular weight is 419 g/mol. The molecule has 1 aliphatic heterocycles. The highest BCUT2D eigenvalue weighted by Gasteiger charge is 2.27. The molecule has 0 saturated carbocycles. The minimum Gasteiger partial charge on any atom is -0.322 e. The minimum atomic E-state index is 0.0737. The van der Waals surface area contributed by atoms with Gasteiger partial charge in [-0.2, -0.15) is 15.8 Å². The number of carbonyl (C=O) groups is 1. The number of rotatable bonds is 18. The van der Waals surface area contributed by atoms with Crippen molar-refractivity contribution in [3.8, 4) is 18.2 Å². The Morgan fingerprint density at radius 2 is 1.20 bits per heavy atom. The Labute approximate surface area is 179 Å². The van der Waals surface area contributed by atoms with Gasteiger partial charge in [-0.05, 0) is 0 Å². The van der Waals surface area contributed by atoms with Crippen LogP contribution in [0.5, 0.6) is 0 Å². The number of nitrogens with one attached hydrogen (secondary N) is 4. The summed E-state index contributed by atoms with van der Waals surface area (Å²) in [5, 5.41) is 38.1. The molecule has 0 aromatic heterocycles. The molecular weight excluding hydrogens is 384 g/mol. The van der Waals surface area contributed by atoms with Gasteiger partial charge in [-0.1, -0.05) is 0 Å². The van der Waals surface area contributed by atoms with Crippen LogP contribution in [-0.2, 0) is 0 Å². The molecule has 1 fully saturated rings. The van der Waals surface area contributed by atoms with Crippen LogP contribution in [0.3, 0.4) is 0 Å². The smallest absolute Gasteiger partial charge is 0.320 e. The standard InChI is InChI=1S/C19H34N10O/c20-1-4-23-7-8-26-11-14-28-17-18-29(19(28)30)16-15-27(12-9-24-5-2-21)13-10-25-6-3-22/h23-26H,4-18H2. The fourth-order valence-corrected chi connectivity index (χ4v) is 3.07. The second-order valence-corrected chi connectivity index (χ2v) is 6.85. The Morgan fingerprint density at radius 3 is 1.77 bits per heavy atom. The minimum absolute atomic E-state index is 0.0737. The fourth-order valence-electron chi connectivity index (χ4n) is 3.07. The molecule has 0 aromatic carbocycles. The predicted octanol–water partition coefficient (Wildman–Crippen LogP) is -2.04. The van der Waals surface area contributed by atoms with Gasteiger partial charge in [0, 0.05) is 78.5 Å². The number of nitrogens with zero attached hydrogens (tertiary/aromatic N) is 6. The van der Waals surface area contributed by atoms with Gasteiger partial charge in [0.05, 0.1) is 37.8 Å². The van der Waals surface area contributed by atoms with Crippen LogP contribution in [0.15, 0.2) is 0 Å². The van der Waals surface area contributed by atoms with E-state index >= 15 is 0 Å². The normalized spacial score (nSPS) is 13.5. The third-order valence-corrected chi connectivity index (χ3v) is 4.73. The molecule has 1 aliphatic rings. The SMILES string of the molecule is N#CCNCCNCCN1CCN(CCN(CCNCC#N)CCNCC#N)C1=O. The van der Waals surface area contributed by atoms with Crippen molar-refractivity contribution in [2.45, 2.75) is 0 Å². The zero-order chi connectivity index (χ0) is 21.9. The largest absolute Gasteiger partial charge is 0.322 e. The lowest BCUT2D eigenvalue weighted by Crippen LogP contribution is -2.43. The molecule has 30 heavy (non-hydrogen) atoms. The first-order chi connectivity index (χ1) is 14.7. The topological polar surface area (TPSA) is 146 Å². The van der Waals surface area contributed by atoms with Gasteiger partial charge in [-0.25, -0.2) is 4.79 Å². The first-order valence-electron chi connectivity index (χ1n) is 10.4. The van der Waals surface area contributed by atoms with Gasteiger partial charge in [-0.15, -0.1) is 0 Å². The predicted molar refractivity (Wildman–Crippen MR) is 113 cm³/mol. The molecule has 1 saturated heterocycles. The molecule has 0 radical (unpaired) electrons. The van der Waals surface area contributed by atoms with Crippen molar-refractivity contribution < 1.29 is 4.79 Å². The molecule has 0 atom stereocenters. The molecule has 166 valence electrons. The van der Waals surface area contributed by atoms with Crippen LogP contribution in [0.2, 0.25) is 0 Å². The van der Waals surface area contributed by atoms with E-state index in [9.17, 15) is 4.79 Å². The number of hydrogen-bond acceptors (Lipinski definition) is 9. The maximum absolute atomic E-state index is 12.6. The van der Waals surface area contributed by atoms with E-state index in [1.165, 1.54) is 0 Å². The highest BCUT2D eigenvalue weighted by atomic mass is 16.2. The Kier molecular flexibility index (Phi) is 14.8. The molecule has 4 N–H and O–H groups in total. The van der Waals surface area contributed by atoms with Crippen molar-refractivity contribution in [1.29, 1.82) is 15.8 Å². The van der Waals surface area contributed by atoms with Gasteiger partial charge in [0.15, 0.2) is 0 Å². The van der Waals surface area contributed by atoms with Gasteiger partial charge in [0.2, 0.25) is 0 Å². The summed E-state index contributed by atoms with van der Waals surface area (Å²) < 4.78 is 0. The van der Waals surface area contributed by atoms with Crippen LogP contribution >= 0.6 is 0 Å². The van der Waals surface area contributed by atoms with Crippen LogP contribution in [-0.4, -0.2) is 119 Å². The van der Waals surface area contributed by atoms with E-state index in [4.69, 9.17) is 15.8 Å². The highest BCUT2D eigenvalue weighted by Crippen LogP contribution is 2.07. The van der Waals surface area contributed by atoms with Gasteiger partial charge < -0.3 is 31.1 Å². The Bertz CT molecular complexity index is 572. The number of hydrogen-bond donors (Lipinski definition) is 4. The first kappa shape index (κ1) is 25.6. The molecule has 11 heteroatoms. The third kappa shape index (κ3) is 11.5. The van der Waals surface area contributed by atoms with Crippen molar-refractivity contribution >= 4 is 6.03 Å². The summed E-state index contributed by atoms with van der Waals surface area (Å²) in [6.07, 6.45) is 0. The second kappa shape index (κ2) is 17.4. The zero-order valence-electron chi connectivity index (χ0n) is 17.7. The van der Waals surface area contributed by atoms with Crippen molar-refractivity contribution in [3.05, 3.63) is 0 Å². The average Bonchev–Trinajstić information content (AvgIpc) is 3.10. The second-order valence-electron chi connectivity index (χ2n) is 6.85. The lowest BCUT2D eigenvalue weighted by molar-refractivity contribution is 0.182. The van der Waals surface area contributed by atoms with Crippen LogP contribution in [0.25, 0.3) is 0 Å². The van der Waals surface area contributed by atoms with Crippen molar-refractivity contribution in [2.75, 3.05) is 98.2 Å². The maximum atomic E-state index is 12.6. The van der Waals surface area contributed by atoms with E-state index in [2.05, 4.69) is 38.3 Å². The van der Waals surface area contributed by atoms with E-state index in [0.29, 0.717) is 45.8 Å². The molecule has 11 nitrogen and oxygen atoms in total. The van der Waals surface area contributed by atoms with Crippen LogP contribution < -0.4 is 21.3 Å². The van der Waals surface area contributed by atoms with E-state index in [1.54, 1.807) is 0 Å². The first-order valence-corrected chi connectivity index (χ1v) is 10.4. The van der Waals surface area contributed by atoms with E-state index in [1.807, 2.05) is 15.9 Å². The highest BCUT2D eigenvalue weighted by molar-refractivity contribution is 5.76. The summed E-state index contributed by atoms with van der Waals surface area (Å²) in [5.41, 5.74) is 0. The summed E-state index contributed by atoms with van der Waals surface area (Å²) in [4.78, 5) is 18.6. The summed E-state index contributed by atoms with van der Waals surface area (Å²) in [5.74, 6) is 0. The summed E-state index contributed by atoms with van der Waals surface area (Å²) in [7, 11) is 0. The van der Waals surface area contributed by atoms with Gasteiger partial charge in [0.1, 0.15) is 0 Å². The summed E-state index contributed by atoms with van der Waals surface area (Å²) in [6.45, 7) is 9.77. The number of urea groups is 1. The monoisotopic (exact) mass is 418 g/mol. The molecule has 0 spiro atoms. The Balaban J connectivity index is 2.27. The van der Waals surface area contributed by atoms with Gasteiger partial charge in [-0.3, -0.25) is 4.90 Å². The molecule has 0 bridgehead atoms. The molecule has 0 aliphatic carbocycles. The van der Waals surface area contributed by atoms with E-state index < -0.39 is 0 Å². The number of nitriles is 3. The van der Waals surface area contributed by atoms with E-state index in [-0.39, 0.29) is 6.03 Å². The molecule has 0 aromatic rings. The van der Waals surface area contributed by atoms with Gasteiger partial charge in [0.25, 0.3) is 0 Å². The van der Waals surface area contributed by atoms with Crippen molar-refractivity contribution in [3.63, 3.8) is 0 Å². The quantitative estimate of drug-likeness (QED) is 0.146. The molecule has 2 amide bonds. The van der Waals surface area contributed by atoms with Gasteiger partial charge >= 0.3 is 6.03 Å². The van der Waals surface area contributed by atoms with Crippen molar-refractivity contribution in [2.24, 2.45) is 0 Å². The molecule has 1 heterocycles. The Hall–Kier alpha value is -2.46.